The molecule has 0 aliphatic heterocycles. The summed E-state index contributed by atoms with van der Waals surface area (Å²) >= 11 is 0. The molecule has 1 N–H and O–H groups in total. The van der Waals surface area contributed by atoms with E-state index in [0.717, 1.165) is 0 Å². The van der Waals surface area contributed by atoms with Crippen molar-refractivity contribution >= 4 is 11.4 Å². The molecule has 1 heteroatoms. The van der Waals surface area contributed by atoms with Gasteiger partial charge >= 0.3 is 0 Å². The molecule has 0 amide bonds. The van der Waals surface area contributed by atoms with E-state index in [1.54, 1.807) is 22.3 Å². The van der Waals surface area contributed by atoms with Crippen molar-refractivity contribution in [2.24, 2.45) is 0 Å². The summed E-state index contributed by atoms with van der Waals surface area (Å²) in [7, 11) is 0. The second-order valence-corrected chi connectivity index (χ2v) is 6.51. The van der Waals surface area contributed by atoms with Gasteiger partial charge in [-0.1, -0.05) is 12.1 Å². The monoisotopic (exact) mass is 277 g/mol. The van der Waals surface area contributed by atoms with Crippen molar-refractivity contribution in [3.63, 3.8) is 0 Å². The molecule has 0 spiro atoms. The molecular formula is C20H23N. The van der Waals surface area contributed by atoms with Crippen LogP contribution in [0.15, 0.2) is 36.4 Å². The first-order valence-corrected chi connectivity index (χ1v) is 8.39. The number of benzene rings is 2. The zero-order valence-corrected chi connectivity index (χ0v) is 12.6. The molecule has 2 aliphatic carbocycles. The van der Waals surface area contributed by atoms with Gasteiger partial charge in [0.2, 0.25) is 0 Å². The Morgan fingerprint density at radius 3 is 1.43 bits per heavy atom. The van der Waals surface area contributed by atoms with Crippen LogP contribution in [0.5, 0.6) is 0 Å². The number of rotatable bonds is 2. The fourth-order valence-corrected chi connectivity index (χ4v) is 3.79. The summed E-state index contributed by atoms with van der Waals surface area (Å²) in [5.41, 5.74) is 8.68. The largest absolute Gasteiger partial charge is 0.356 e. The van der Waals surface area contributed by atoms with E-state index in [4.69, 9.17) is 0 Å². The predicted molar refractivity (Wildman–Crippen MR) is 89.5 cm³/mol. The minimum atomic E-state index is 1.24. The lowest BCUT2D eigenvalue weighted by Crippen LogP contribution is -2.04. The zero-order valence-electron chi connectivity index (χ0n) is 12.6. The van der Waals surface area contributed by atoms with Crippen LogP contribution in [0.4, 0.5) is 11.4 Å². The minimum absolute atomic E-state index is 1.24. The molecule has 0 atom stereocenters. The van der Waals surface area contributed by atoms with Gasteiger partial charge in [0.25, 0.3) is 0 Å². The Balaban J connectivity index is 1.58. The fraction of sp³-hybridized carbons (Fsp3) is 0.400. The van der Waals surface area contributed by atoms with Crippen LogP contribution in [-0.4, -0.2) is 0 Å². The topological polar surface area (TPSA) is 12.0 Å². The van der Waals surface area contributed by atoms with E-state index >= 15 is 0 Å². The third-order valence-corrected chi connectivity index (χ3v) is 4.99. The van der Waals surface area contributed by atoms with Crippen LogP contribution in [0.2, 0.25) is 0 Å². The second-order valence-electron chi connectivity index (χ2n) is 6.51. The Hall–Kier alpha value is -1.76. The van der Waals surface area contributed by atoms with Crippen LogP contribution in [0.1, 0.15) is 47.9 Å². The zero-order chi connectivity index (χ0) is 14.1. The number of hydrogen-bond donors (Lipinski definition) is 1. The molecule has 0 saturated heterocycles. The van der Waals surface area contributed by atoms with Crippen LogP contribution < -0.4 is 5.32 Å². The average Bonchev–Trinajstić information content (AvgIpc) is 2.55. The summed E-state index contributed by atoms with van der Waals surface area (Å²) in [5.74, 6) is 0. The van der Waals surface area contributed by atoms with Crippen molar-refractivity contribution in [1.82, 2.24) is 0 Å². The standard InChI is InChI=1S/C20H23N/c1-3-7-17-13-19(11-9-15(17)5-1)21-20-12-10-16-6-2-4-8-18(16)14-20/h9-14,21H,1-8H2. The maximum atomic E-state index is 3.60. The number of anilines is 2. The van der Waals surface area contributed by atoms with Crippen LogP contribution in [-0.2, 0) is 25.7 Å². The Morgan fingerprint density at radius 2 is 0.952 bits per heavy atom. The van der Waals surface area contributed by atoms with E-state index in [1.165, 1.54) is 62.7 Å². The average molecular weight is 277 g/mol. The van der Waals surface area contributed by atoms with Crippen molar-refractivity contribution in [1.29, 1.82) is 0 Å². The molecule has 2 aliphatic rings. The van der Waals surface area contributed by atoms with Crippen molar-refractivity contribution < 1.29 is 0 Å². The molecule has 0 radical (unpaired) electrons. The van der Waals surface area contributed by atoms with Crippen molar-refractivity contribution in [2.75, 3.05) is 5.32 Å². The molecule has 0 fully saturated rings. The van der Waals surface area contributed by atoms with Gasteiger partial charge in [-0.3, -0.25) is 0 Å². The second kappa shape index (κ2) is 5.55. The molecule has 108 valence electrons. The van der Waals surface area contributed by atoms with E-state index < -0.39 is 0 Å². The lowest BCUT2D eigenvalue weighted by molar-refractivity contribution is 0.685. The van der Waals surface area contributed by atoms with Gasteiger partial charge < -0.3 is 5.32 Å². The van der Waals surface area contributed by atoms with Gasteiger partial charge in [-0.25, -0.2) is 0 Å². The first-order valence-electron chi connectivity index (χ1n) is 8.39. The van der Waals surface area contributed by atoms with Crippen LogP contribution in [0.3, 0.4) is 0 Å². The van der Waals surface area contributed by atoms with E-state index in [-0.39, 0.29) is 0 Å². The number of hydrogen-bond acceptors (Lipinski definition) is 1. The molecular weight excluding hydrogens is 254 g/mol. The third-order valence-electron chi connectivity index (χ3n) is 4.99. The molecule has 2 aromatic rings. The minimum Gasteiger partial charge on any atom is -0.356 e. The molecule has 4 rings (SSSR count). The summed E-state index contributed by atoms with van der Waals surface area (Å²) in [6, 6.07) is 13.8. The fourth-order valence-electron chi connectivity index (χ4n) is 3.79. The normalized spacial score (nSPS) is 17.0. The van der Waals surface area contributed by atoms with Gasteiger partial charge in [-0.15, -0.1) is 0 Å². The first-order chi connectivity index (χ1) is 10.4. The Labute approximate surface area is 127 Å². The quantitative estimate of drug-likeness (QED) is 0.796. The van der Waals surface area contributed by atoms with Gasteiger partial charge in [0.15, 0.2) is 0 Å². The Kier molecular flexibility index (Phi) is 3.42. The van der Waals surface area contributed by atoms with Gasteiger partial charge in [-0.05, 0) is 97.9 Å². The lowest BCUT2D eigenvalue weighted by Gasteiger charge is -2.19. The smallest absolute Gasteiger partial charge is 0.0387 e. The maximum Gasteiger partial charge on any atom is 0.0387 e. The highest BCUT2D eigenvalue weighted by Crippen LogP contribution is 2.28. The molecule has 1 nitrogen and oxygen atoms in total. The Bertz CT molecular complexity index is 599. The van der Waals surface area contributed by atoms with Crippen molar-refractivity contribution in [3.05, 3.63) is 58.7 Å². The molecule has 0 bridgehead atoms. The van der Waals surface area contributed by atoms with Crippen LogP contribution in [0.25, 0.3) is 0 Å². The van der Waals surface area contributed by atoms with E-state index in [9.17, 15) is 0 Å². The van der Waals surface area contributed by atoms with Crippen LogP contribution in [0, 0.1) is 0 Å². The summed E-state index contributed by atoms with van der Waals surface area (Å²) in [5, 5.41) is 3.60. The summed E-state index contributed by atoms with van der Waals surface area (Å²) in [4.78, 5) is 0. The number of nitrogens with one attached hydrogen (secondary N) is 1. The predicted octanol–water partition coefficient (Wildman–Crippen LogP) is 5.19. The van der Waals surface area contributed by atoms with Gasteiger partial charge in [0.05, 0.1) is 0 Å². The highest BCUT2D eigenvalue weighted by atomic mass is 14.9. The molecule has 2 aromatic carbocycles. The SMILES string of the molecule is c1cc2c(cc1Nc1ccc3c(c1)CCCC3)CCCC2. The van der Waals surface area contributed by atoms with Crippen molar-refractivity contribution in [2.45, 2.75) is 51.4 Å². The van der Waals surface area contributed by atoms with Gasteiger partial charge in [0, 0.05) is 11.4 Å². The lowest BCUT2D eigenvalue weighted by atomic mass is 9.91. The molecule has 0 saturated carbocycles. The molecule has 0 unspecified atom stereocenters. The van der Waals surface area contributed by atoms with Gasteiger partial charge in [-0.2, -0.15) is 0 Å². The first kappa shape index (κ1) is 12.9. The molecule has 0 heterocycles. The van der Waals surface area contributed by atoms with E-state index in [0.29, 0.717) is 0 Å². The van der Waals surface area contributed by atoms with E-state index in [1.807, 2.05) is 0 Å². The number of fused-ring (bicyclic) bond motifs is 2. The molecule has 0 aromatic heterocycles. The van der Waals surface area contributed by atoms with Crippen LogP contribution >= 0.6 is 0 Å². The summed E-state index contributed by atoms with van der Waals surface area (Å²) < 4.78 is 0. The third kappa shape index (κ3) is 2.70. The maximum absolute atomic E-state index is 3.60. The molecule has 21 heavy (non-hydrogen) atoms. The Morgan fingerprint density at radius 1 is 0.524 bits per heavy atom. The summed E-state index contributed by atoms with van der Waals surface area (Å²) in [6.07, 6.45) is 10.4. The van der Waals surface area contributed by atoms with Gasteiger partial charge in [0.1, 0.15) is 0 Å². The van der Waals surface area contributed by atoms with Crippen molar-refractivity contribution in [3.8, 4) is 0 Å². The van der Waals surface area contributed by atoms with E-state index in [2.05, 4.69) is 41.7 Å². The number of aryl methyl sites for hydroxylation is 4. The summed E-state index contributed by atoms with van der Waals surface area (Å²) in [6.45, 7) is 0. The highest BCUT2D eigenvalue weighted by molar-refractivity contribution is 5.62. The highest BCUT2D eigenvalue weighted by Gasteiger charge is 2.11.